The maximum Gasteiger partial charge on any atom is 0.410 e. The summed E-state index contributed by atoms with van der Waals surface area (Å²) in [5.74, 6) is -9.73. The minimum absolute atomic E-state index is 0.0209. The number of aryl methyl sites for hydroxylation is 1. The summed E-state index contributed by atoms with van der Waals surface area (Å²) in [5.41, 5.74) is 4.00. The van der Waals surface area contributed by atoms with E-state index in [-0.39, 0.29) is 84.4 Å². The fourth-order valence-electron chi connectivity index (χ4n) is 20.5. The number of carbonyl (C=O) groups is 10. The summed E-state index contributed by atoms with van der Waals surface area (Å²) < 4.78 is 93.7. The van der Waals surface area contributed by atoms with Gasteiger partial charge in [0.1, 0.15) is 36.7 Å². The Labute approximate surface area is 694 Å². The minimum Gasteiger partial charge on any atom is -0.479 e. The molecule has 6 fully saturated rings. The standard InChI is InChI=1S/C81H96N12O24S3/c1-44(2)65(87-62(95)35-91-51(37-114-27-29-120(111,112)113)31-58(72(91)102)93-63(96)20-21-64(93)97)71(101)83-45(3)69(99)84-50-16-14-49(48(30-50)15-17-52-32-59(94)67(98)68(117-52)74(105)106)36-115-76(107)89(25-28-119(108,109)110)24-26-116-80-40-78(6)38-77(5)39-79(41-80,42-81(77,78)80)43-92-46(4)55(33-82-92)53-18-19-61(86-66(53)73(103)104)90-23-22-47-10-9-11-54(56(47)34-90)70(100)88-75-85-57-12-7-8-13-60(57)118-75/h7-14,16,18-21,30,33,44-45,51-52,58-59,65,67-68,94,98H,15,17,22-29,31-32,34-43H2,1-6H3,(H,83,101)(H,84,99)(H,87,95)(H,103,104)(H,105,106)(H,85,88,100)(H,108,109,110)(H,111,112,113)/t45-,51-,52-,58-,59+,65-,67-,68-,77?,78?,79?,80?,81?/m0/s1. The Hall–Kier alpha value is -10.2. The molecule has 3 aromatic heterocycles. The van der Waals surface area contributed by atoms with Crippen molar-refractivity contribution >= 4 is 118 Å². The Morgan fingerprint density at radius 2 is 1.53 bits per heavy atom. The maximum absolute atomic E-state index is 14.4. The lowest BCUT2D eigenvalue weighted by Gasteiger charge is -2.82. The summed E-state index contributed by atoms with van der Waals surface area (Å²) in [6.07, 6.45) is 0.923. The van der Waals surface area contributed by atoms with Gasteiger partial charge in [0.15, 0.2) is 16.9 Å². The minimum atomic E-state index is -4.65. The lowest BCUT2D eigenvalue weighted by atomic mass is 9.24. The third-order valence-electron chi connectivity index (χ3n) is 25.4. The summed E-state index contributed by atoms with van der Waals surface area (Å²) in [6.45, 7) is 9.53. The number of likely N-dealkylation sites (tertiary alicyclic amines) is 1. The lowest BCUT2D eigenvalue weighted by Crippen LogP contribution is -2.81. The molecule has 6 aromatic rings. The highest BCUT2D eigenvalue weighted by atomic mass is 32.2. The van der Waals surface area contributed by atoms with Gasteiger partial charge in [-0.15, -0.1) is 0 Å². The molecule has 8 amide bonds. The molecule has 4 saturated carbocycles. The van der Waals surface area contributed by atoms with Crippen molar-refractivity contribution in [2.45, 2.75) is 180 Å². The van der Waals surface area contributed by atoms with Crippen LogP contribution >= 0.6 is 11.3 Å². The normalized spacial score (nSPS) is 26.4. The summed E-state index contributed by atoms with van der Waals surface area (Å²) in [5, 5.41) is 58.1. The van der Waals surface area contributed by atoms with Crippen molar-refractivity contribution in [3.63, 3.8) is 0 Å². The van der Waals surface area contributed by atoms with Gasteiger partial charge in [-0.3, -0.25) is 57.6 Å². The van der Waals surface area contributed by atoms with Crippen LogP contribution in [0, 0.1) is 34.5 Å². The van der Waals surface area contributed by atoms with Crippen molar-refractivity contribution in [3.8, 4) is 11.1 Å². The van der Waals surface area contributed by atoms with Gasteiger partial charge < -0.3 is 70.0 Å². The molecular formula is C81H96N12O24S3. The number of thiazole rings is 1. The van der Waals surface area contributed by atoms with Crippen molar-refractivity contribution in [2.75, 3.05) is 73.0 Å². The van der Waals surface area contributed by atoms with Crippen LogP contribution in [-0.2, 0) is 105 Å². The molecule has 5 unspecified atom stereocenters. The number of fused-ring (bicyclic) bond motifs is 3. The Balaban J connectivity index is 0.627. The number of imide groups is 1. The molecule has 2 bridgehead atoms. The molecule has 10 N–H and O–H groups in total. The number of ether oxygens (including phenoxy) is 4. The van der Waals surface area contributed by atoms with Crippen LogP contribution in [-0.4, -0.2) is 252 Å². The Bertz CT molecular complexity index is 5360. The van der Waals surface area contributed by atoms with E-state index in [0.29, 0.717) is 77.7 Å². The van der Waals surface area contributed by atoms with Gasteiger partial charge in [-0.05, 0) is 152 Å². The number of amides is 8. The van der Waals surface area contributed by atoms with Crippen LogP contribution in [0.15, 0.2) is 91.1 Å². The number of carboxylic acids is 2. The molecule has 4 aliphatic carbocycles. The largest absolute Gasteiger partial charge is 0.479 e. The molecule has 3 aromatic carbocycles. The van der Waals surface area contributed by atoms with Crippen molar-refractivity contribution in [2.24, 2.45) is 27.6 Å². The highest BCUT2D eigenvalue weighted by Gasteiger charge is 2.93. The number of pyridine rings is 1. The Morgan fingerprint density at radius 1 is 0.792 bits per heavy atom. The molecule has 120 heavy (non-hydrogen) atoms. The Morgan fingerprint density at radius 3 is 2.24 bits per heavy atom. The highest BCUT2D eigenvalue weighted by Crippen LogP contribution is 2.96. The zero-order valence-electron chi connectivity index (χ0n) is 66.7. The predicted octanol–water partition coefficient (Wildman–Crippen LogP) is 4.93. The highest BCUT2D eigenvalue weighted by molar-refractivity contribution is 7.86. The molecule has 4 aliphatic heterocycles. The second-order valence-corrected chi connectivity index (χ2v) is 37.9. The first-order valence-electron chi connectivity index (χ1n) is 39.7. The molecule has 1 spiro atoms. The number of nitrogens with one attached hydrogen (secondary N) is 4. The van der Waals surface area contributed by atoms with E-state index in [2.05, 4.69) is 40.1 Å². The van der Waals surface area contributed by atoms with Gasteiger partial charge in [-0.2, -0.15) is 21.9 Å². The molecular weight excluding hydrogens is 1620 g/mol. The first kappa shape index (κ1) is 86.2. The van der Waals surface area contributed by atoms with Gasteiger partial charge in [-0.25, -0.2) is 24.4 Å². The molecule has 7 heterocycles. The number of nitrogens with zero attached hydrogens (tertiary/aromatic N) is 8. The van der Waals surface area contributed by atoms with E-state index in [0.717, 1.165) is 73.2 Å². The van der Waals surface area contributed by atoms with Crippen LogP contribution in [0.25, 0.3) is 21.3 Å². The van der Waals surface area contributed by atoms with Gasteiger partial charge in [0, 0.05) is 91.2 Å². The van der Waals surface area contributed by atoms with Crippen LogP contribution in [0.3, 0.4) is 0 Å². The summed E-state index contributed by atoms with van der Waals surface area (Å²) >= 11 is 1.38. The SMILES string of the molecule is Cc1c(-c2ccc(N3CCc4cccc(C(=O)Nc5nc6ccccc6s5)c4C3)nc2C(=O)O)cnn1CC12CC3(C)CC4(C)CC(OCCN(CCS(=O)(=O)O)C(=O)OCc5ccc(NC(=O)[C@H](C)NC(=O)[C@@H](NC(=O)CN6C(=O)[C@@H](N7C(=O)C=CC7=O)C[C@H]6COCCS(=O)(=O)O)C(C)C)cc5CC[C@H]5C[C@@H](O)[C@H](O)[C@@H](C(=O)O)O5)(C1)C34C2. The average Bonchev–Trinajstić information content (AvgIpc) is 1.41. The lowest BCUT2D eigenvalue weighted by molar-refractivity contribution is -0.388. The number of anilines is 3. The van der Waals surface area contributed by atoms with Gasteiger partial charge in [0.25, 0.3) is 38.0 Å². The van der Waals surface area contributed by atoms with Crippen LogP contribution in [0.4, 0.5) is 21.4 Å². The molecule has 36 nitrogen and oxygen atoms in total. The third kappa shape index (κ3) is 17.0. The van der Waals surface area contributed by atoms with E-state index in [1.54, 1.807) is 38.2 Å². The number of hydrogen-bond donors (Lipinski definition) is 10. The van der Waals surface area contributed by atoms with Crippen LogP contribution in [0.1, 0.15) is 135 Å². The number of aromatic nitrogens is 4. The number of carboxylic acid groups (broad SMARTS) is 2. The van der Waals surface area contributed by atoms with E-state index in [1.807, 2.05) is 52.9 Å². The number of aromatic carboxylic acids is 1. The molecule has 13 atom stereocenters. The third-order valence-corrected chi connectivity index (χ3v) is 27.8. The topological polar surface area (TPSA) is 502 Å². The molecule has 642 valence electrons. The van der Waals surface area contributed by atoms with E-state index < -0.39 is 172 Å². The number of hydrogen-bond acceptors (Lipinski definition) is 25. The first-order chi connectivity index (χ1) is 56.7. The summed E-state index contributed by atoms with van der Waals surface area (Å²) in [7, 11) is -9.08. The number of carbonyl (C=O) groups excluding carboxylic acids is 8. The quantitative estimate of drug-likeness (QED) is 0.0145. The van der Waals surface area contributed by atoms with Gasteiger partial charge in [0.05, 0.1) is 78.1 Å². The fraction of sp³-hybridized carbons (Fsp3) is 0.519. The molecule has 39 heteroatoms. The molecule has 8 aliphatic rings. The number of rotatable bonds is 34. The van der Waals surface area contributed by atoms with Crippen molar-refractivity contribution < 1.29 is 113 Å². The van der Waals surface area contributed by atoms with Gasteiger partial charge in [-0.1, -0.05) is 69.4 Å². The van der Waals surface area contributed by atoms with Crippen LogP contribution in [0.5, 0.6) is 0 Å². The molecule has 14 rings (SSSR count). The number of aliphatic hydroxyl groups excluding tert-OH is 2. The van der Waals surface area contributed by atoms with Gasteiger partial charge >= 0.3 is 18.0 Å². The van der Waals surface area contributed by atoms with Crippen molar-refractivity contribution in [1.29, 1.82) is 0 Å². The van der Waals surface area contributed by atoms with E-state index in [1.165, 1.54) is 36.5 Å². The van der Waals surface area contributed by atoms with Crippen LogP contribution in [0.2, 0.25) is 0 Å². The summed E-state index contributed by atoms with van der Waals surface area (Å²) in [4.78, 5) is 149. The van der Waals surface area contributed by atoms with Crippen molar-refractivity contribution in [3.05, 3.63) is 130 Å². The first-order valence-corrected chi connectivity index (χ1v) is 43.7. The van der Waals surface area contributed by atoms with E-state index in [4.69, 9.17) is 29.0 Å². The van der Waals surface area contributed by atoms with Gasteiger partial charge in [0.2, 0.25) is 23.6 Å². The van der Waals surface area contributed by atoms with Crippen molar-refractivity contribution in [1.82, 2.24) is 45.1 Å². The molecule has 0 radical (unpaired) electrons. The Kier molecular flexibility index (Phi) is 23.9. The van der Waals surface area contributed by atoms with E-state index in [9.17, 15) is 94.3 Å². The summed E-state index contributed by atoms with van der Waals surface area (Å²) in [6, 6.07) is 16.3. The zero-order chi connectivity index (χ0) is 86.1. The monoisotopic (exact) mass is 1720 g/mol. The number of benzene rings is 3. The smallest absolute Gasteiger partial charge is 0.410 e. The number of aliphatic hydroxyl groups is 2. The molecule has 2 saturated heterocycles. The average molecular weight is 1720 g/mol. The second-order valence-electron chi connectivity index (χ2n) is 33.8. The number of aliphatic carboxylic acids is 1. The zero-order valence-corrected chi connectivity index (χ0v) is 69.2. The van der Waals surface area contributed by atoms with Crippen LogP contribution < -0.4 is 26.2 Å². The second kappa shape index (κ2) is 33.3. The predicted molar refractivity (Wildman–Crippen MR) is 430 cm³/mol. The van der Waals surface area contributed by atoms with E-state index >= 15 is 0 Å². The fourth-order valence-corrected chi connectivity index (χ4v) is 22.2. The number of para-hydroxylation sites is 1. The maximum atomic E-state index is 14.4.